The molecule has 1 saturated heterocycles. The summed E-state index contributed by atoms with van der Waals surface area (Å²) in [5.74, 6) is 0.00319. The van der Waals surface area contributed by atoms with Gasteiger partial charge in [-0.25, -0.2) is 14.4 Å². The predicted molar refractivity (Wildman–Crippen MR) is 112 cm³/mol. The van der Waals surface area contributed by atoms with Gasteiger partial charge in [-0.3, -0.25) is 4.79 Å². The third-order valence-electron chi connectivity index (χ3n) is 5.61. The van der Waals surface area contributed by atoms with Crippen LogP contribution in [-0.4, -0.2) is 53.1 Å². The lowest BCUT2D eigenvalue weighted by Gasteiger charge is -2.25. The molecule has 0 unspecified atom stereocenters. The van der Waals surface area contributed by atoms with E-state index >= 15 is 0 Å². The quantitative estimate of drug-likeness (QED) is 0.571. The lowest BCUT2D eigenvalue weighted by Crippen LogP contribution is -2.52. The predicted octanol–water partition coefficient (Wildman–Crippen LogP) is 2.01. The van der Waals surface area contributed by atoms with Crippen LogP contribution in [-0.2, 0) is 6.42 Å². The summed E-state index contributed by atoms with van der Waals surface area (Å²) >= 11 is 0. The highest BCUT2D eigenvalue weighted by Crippen LogP contribution is 2.31. The second-order valence-electron chi connectivity index (χ2n) is 7.65. The Kier molecular flexibility index (Phi) is 5.29. The van der Waals surface area contributed by atoms with Crippen LogP contribution in [0.15, 0.2) is 30.7 Å². The molecule has 1 fully saturated rings. The van der Waals surface area contributed by atoms with Crippen LogP contribution in [0, 0.1) is 5.82 Å². The van der Waals surface area contributed by atoms with E-state index < -0.39 is 11.4 Å². The number of nitrogens with two attached hydrogens (primary N) is 1. The molecule has 1 aromatic carbocycles. The topological polar surface area (TPSA) is 109 Å². The van der Waals surface area contributed by atoms with E-state index in [2.05, 4.69) is 32.1 Å². The van der Waals surface area contributed by atoms with Gasteiger partial charge in [0, 0.05) is 31.4 Å². The van der Waals surface area contributed by atoms with Crippen LogP contribution in [0.1, 0.15) is 29.3 Å². The number of benzene rings is 1. The van der Waals surface area contributed by atoms with Gasteiger partial charge in [0.05, 0.1) is 18.0 Å². The zero-order valence-corrected chi connectivity index (χ0v) is 17.0. The standard InChI is InChI=1S/C21H25FN6O2/c1-3-13-9-24-18-17(13)19(27-12-26-18)28-7-6-21(23,11-28)10-25-20(29)14-4-5-16(30-2)15(22)8-14/h4-5,8-9,12H,3,6-7,10-11,23H2,1-2H3,(H,25,29)(H,24,26,27)/t21-/m0/s1. The molecule has 0 bridgehead atoms. The third-order valence-corrected chi connectivity index (χ3v) is 5.61. The minimum absolute atomic E-state index is 0.0978. The molecule has 0 aliphatic carbocycles. The molecule has 4 rings (SSSR count). The number of fused-ring (bicyclic) bond motifs is 1. The molecule has 1 amide bonds. The Bertz CT molecular complexity index is 1080. The van der Waals surface area contributed by atoms with Crippen LogP contribution < -0.4 is 20.7 Å². The van der Waals surface area contributed by atoms with Crippen molar-refractivity contribution in [2.75, 3.05) is 31.6 Å². The Balaban J connectivity index is 1.45. The van der Waals surface area contributed by atoms with Gasteiger partial charge in [-0.05, 0) is 36.6 Å². The molecule has 2 aromatic heterocycles. The summed E-state index contributed by atoms with van der Waals surface area (Å²) in [5.41, 5.74) is 8.16. The molecule has 0 radical (unpaired) electrons. The number of aromatic nitrogens is 3. The molecule has 1 atom stereocenters. The summed E-state index contributed by atoms with van der Waals surface area (Å²) in [6.07, 6.45) is 5.07. The normalized spacial score (nSPS) is 18.7. The van der Waals surface area contributed by atoms with E-state index in [-0.39, 0.29) is 23.8 Å². The Morgan fingerprint density at radius 2 is 2.27 bits per heavy atom. The van der Waals surface area contributed by atoms with Crippen LogP contribution in [0.25, 0.3) is 11.0 Å². The lowest BCUT2D eigenvalue weighted by molar-refractivity contribution is 0.0944. The van der Waals surface area contributed by atoms with E-state index in [1.165, 1.54) is 19.2 Å². The number of hydrogen-bond acceptors (Lipinski definition) is 6. The molecule has 158 valence electrons. The Labute approximate surface area is 173 Å². The molecule has 4 N–H and O–H groups in total. The van der Waals surface area contributed by atoms with E-state index in [9.17, 15) is 9.18 Å². The van der Waals surface area contributed by atoms with Crippen molar-refractivity contribution >= 4 is 22.8 Å². The number of hydrogen-bond donors (Lipinski definition) is 3. The maximum Gasteiger partial charge on any atom is 0.251 e. The molecule has 1 aliphatic heterocycles. The van der Waals surface area contributed by atoms with Crippen molar-refractivity contribution in [2.24, 2.45) is 5.73 Å². The number of nitrogens with one attached hydrogen (secondary N) is 2. The van der Waals surface area contributed by atoms with Crippen molar-refractivity contribution in [1.82, 2.24) is 20.3 Å². The van der Waals surface area contributed by atoms with Crippen molar-refractivity contribution in [3.8, 4) is 5.75 Å². The van der Waals surface area contributed by atoms with E-state index in [0.717, 1.165) is 41.4 Å². The first-order valence-corrected chi connectivity index (χ1v) is 9.90. The molecule has 30 heavy (non-hydrogen) atoms. The number of rotatable bonds is 6. The average molecular weight is 412 g/mol. The summed E-state index contributed by atoms with van der Waals surface area (Å²) < 4.78 is 18.8. The second-order valence-corrected chi connectivity index (χ2v) is 7.65. The highest BCUT2D eigenvalue weighted by Gasteiger charge is 2.36. The van der Waals surface area contributed by atoms with E-state index in [0.29, 0.717) is 13.0 Å². The average Bonchev–Trinajstić information content (AvgIpc) is 3.35. The zero-order valence-electron chi connectivity index (χ0n) is 17.0. The van der Waals surface area contributed by atoms with E-state index in [4.69, 9.17) is 10.5 Å². The fourth-order valence-electron chi connectivity index (χ4n) is 3.91. The molecule has 0 saturated carbocycles. The smallest absolute Gasteiger partial charge is 0.251 e. The van der Waals surface area contributed by atoms with Gasteiger partial charge in [0.25, 0.3) is 5.91 Å². The number of carbonyl (C=O) groups is 1. The van der Waals surface area contributed by atoms with Gasteiger partial charge in [-0.15, -0.1) is 0 Å². The molecule has 1 aliphatic rings. The van der Waals surface area contributed by atoms with Crippen molar-refractivity contribution in [3.05, 3.63) is 47.7 Å². The summed E-state index contributed by atoms with van der Waals surface area (Å²) in [5, 5.41) is 3.85. The van der Waals surface area contributed by atoms with Crippen LogP contribution in [0.2, 0.25) is 0 Å². The summed E-state index contributed by atoms with van der Waals surface area (Å²) in [4.78, 5) is 26.6. The number of halogens is 1. The molecule has 3 aromatic rings. The maximum atomic E-state index is 13.9. The summed E-state index contributed by atoms with van der Waals surface area (Å²) in [6, 6.07) is 4.12. The van der Waals surface area contributed by atoms with Crippen molar-refractivity contribution in [3.63, 3.8) is 0 Å². The number of aromatic amines is 1. The molecular formula is C21H25FN6O2. The van der Waals surface area contributed by atoms with Gasteiger partial charge in [-0.2, -0.15) is 0 Å². The zero-order chi connectivity index (χ0) is 21.3. The van der Waals surface area contributed by atoms with Gasteiger partial charge in [0.1, 0.15) is 17.8 Å². The molecule has 8 nitrogen and oxygen atoms in total. The highest BCUT2D eigenvalue weighted by atomic mass is 19.1. The lowest BCUT2D eigenvalue weighted by atomic mass is 10.00. The molecule has 3 heterocycles. The second kappa shape index (κ2) is 7.91. The Morgan fingerprint density at radius 1 is 1.43 bits per heavy atom. The summed E-state index contributed by atoms with van der Waals surface area (Å²) in [7, 11) is 1.38. The monoisotopic (exact) mass is 412 g/mol. The minimum atomic E-state index is -0.610. The van der Waals surface area contributed by atoms with Gasteiger partial charge in [0.2, 0.25) is 0 Å². The van der Waals surface area contributed by atoms with Gasteiger partial charge >= 0.3 is 0 Å². The van der Waals surface area contributed by atoms with E-state index in [1.807, 2.05) is 6.20 Å². The number of methoxy groups -OCH3 is 1. The van der Waals surface area contributed by atoms with Crippen LogP contribution in [0.4, 0.5) is 10.2 Å². The van der Waals surface area contributed by atoms with Gasteiger partial charge in [0.15, 0.2) is 11.6 Å². The number of carbonyl (C=O) groups excluding carboxylic acids is 1. The number of ether oxygens (including phenoxy) is 1. The SMILES string of the molecule is CCc1c[nH]c2ncnc(N3CC[C@](N)(CNC(=O)c4ccc(OC)c(F)c4)C3)c12. The Hall–Kier alpha value is -3.20. The number of nitrogens with zero attached hydrogens (tertiary/aromatic N) is 3. The van der Waals surface area contributed by atoms with Gasteiger partial charge < -0.3 is 25.7 Å². The minimum Gasteiger partial charge on any atom is -0.494 e. The van der Waals surface area contributed by atoms with Crippen LogP contribution in [0.5, 0.6) is 5.75 Å². The fraction of sp³-hybridized carbons (Fsp3) is 0.381. The van der Waals surface area contributed by atoms with Crippen LogP contribution >= 0.6 is 0 Å². The largest absolute Gasteiger partial charge is 0.494 e. The van der Waals surface area contributed by atoms with Crippen molar-refractivity contribution in [1.29, 1.82) is 0 Å². The van der Waals surface area contributed by atoms with E-state index in [1.54, 1.807) is 6.33 Å². The fourth-order valence-corrected chi connectivity index (χ4v) is 3.91. The van der Waals surface area contributed by atoms with Crippen molar-refractivity contribution in [2.45, 2.75) is 25.3 Å². The third kappa shape index (κ3) is 3.68. The first-order valence-electron chi connectivity index (χ1n) is 9.90. The van der Waals surface area contributed by atoms with Crippen LogP contribution in [0.3, 0.4) is 0 Å². The number of H-pyrrole nitrogens is 1. The highest BCUT2D eigenvalue weighted by molar-refractivity contribution is 5.94. The number of amides is 1. The maximum absolute atomic E-state index is 13.9. The first kappa shape index (κ1) is 20.1. The van der Waals surface area contributed by atoms with Crippen molar-refractivity contribution < 1.29 is 13.9 Å². The molecule has 9 heteroatoms. The number of aryl methyl sites for hydroxylation is 1. The number of anilines is 1. The molecular weight excluding hydrogens is 387 g/mol. The molecule has 0 spiro atoms. The van der Waals surface area contributed by atoms with Gasteiger partial charge in [-0.1, -0.05) is 6.92 Å². The Morgan fingerprint density at radius 3 is 3.00 bits per heavy atom. The first-order chi connectivity index (χ1) is 14.4. The summed E-state index contributed by atoms with van der Waals surface area (Å²) in [6.45, 7) is 3.64.